The van der Waals surface area contributed by atoms with E-state index in [1.165, 1.54) is 6.92 Å². The quantitative estimate of drug-likeness (QED) is 0.182. The Labute approximate surface area is 150 Å². The van der Waals surface area contributed by atoms with Crippen LogP contribution in [-0.4, -0.2) is 111 Å². The molecule has 1 saturated heterocycles. The highest BCUT2D eigenvalue weighted by Gasteiger charge is 2.47. The maximum absolute atomic E-state index is 11.2. The van der Waals surface area contributed by atoms with Gasteiger partial charge in [0, 0.05) is 13.5 Å². The molecule has 0 aliphatic carbocycles. The molecule has 0 aromatic heterocycles. The summed E-state index contributed by atoms with van der Waals surface area (Å²) in [7, 11) is 0. The van der Waals surface area contributed by atoms with Gasteiger partial charge >= 0.3 is 0 Å². The SMILES string of the molecule is CC(=O)N[C@H]1[C@H](O)[C@@H](O)[C@H](O[C@H]([C@H](N)[C@H](O)CO)[C@H](O)CN)O[C@@H]1CO. The maximum Gasteiger partial charge on any atom is 0.217 e. The molecular weight excluding hydrogens is 354 g/mol. The minimum absolute atomic E-state index is 0.306. The van der Waals surface area contributed by atoms with Gasteiger partial charge in [0.15, 0.2) is 6.29 Å². The van der Waals surface area contributed by atoms with Gasteiger partial charge in [-0.25, -0.2) is 0 Å². The Bertz CT molecular complexity index is 442. The number of aliphatic hydroxyl groups excluding tert-OH is 6. The zero-order valence-corrected chi connectivity index (χ0v) is 14.4. The molecule has 1 aliphatic rings. The van der Waals surface area contributed by atoms with Gasteiger partial charge in [0.25, 0.3) is 0 Å². The van der Waals surface area contributed by atoms with Crippen LogP contribution in [0.1, 0.15) is 6.92 Å². The molecule has 1 fully saturated rings. The third kappa shape index (κ3) is 5.53. The number of ether oxygens (including phenoxy) is 2. The first kappa shape index (κ1) is 23.1. The van der Waals surface area contributed by atoms with Crippen LogP contribution in [0, 0.1) is 0 Å². The molecule has 26 heavy (non-hydrogen) atoms. The Morgan fingerprint density at radius 3 is 2.31 bits per heavy atom. The van der Waals surface area contributed by atoms with Crippen LogP contribution in [0.5, 0.6) is 0 Å². The van der Waals surface area contributed by atoms with Gasteiger partial charge in [-0.05, 0) is 0 Å². The van der Waals surface area contributed by atoms with Crippen LogP contribution in [0.25, 0.3) is 0 Å². The summed E-state index contributed by atoms with van der Waals surface area (Å²) in [4.78, 5) is 11.2. The lowest BCUT2D eigenvalue weighted by Crippen LogP contribution is -2.66. The van der Waals surface area contributed by atoms with Crippen molar-refractivity contribution in [3.63, 3.8) is 0 Å². The summed E-state index contributed by atoms with van der Waals surface area (Å²) in [6.45, 7) is -0.429. The average molecular weight is 383 g/mol. The number of carbonyl (C=O) groups is 1. The van der Waals surface area contributed by atoms with Gasteiger partial charge in [-0.2, -0.15) is 0 Å². The Hall–Kier alpha value is -0.930. The molecule has 154 valence electrons. The Morgan fingerprint density at radius 1 is 1.23 bits per heavy atom. The van der Waals surface area contributed by atoms with Crippen LogP contribution < -0.4 is 16.8 Å². The molecule has 0 unspecified atom stereocenters. The predicted octanol–water partition coefficient (Wildman–Crippen LogP) is -5.68. The lowest BCUT2D eigenvalue weighted by molar-refractivity contribution is -0.302. The van der Waals surface area contributed by atoms with E-state index in [0.717, 1.165) is 0 Å². The molecule has 1 amide bonds. The second-order valence-corrected chi connectivity index (χ2v) is 6.16. The van der Waals surface area contributed by atoms with E-state index in [4.69, 9.17) is 26.0 Å². The Kier molecular flexibility index (Phi) is 9.26. The number of hydrogen-bond donors (Lipinski definition) is 9. The third-order valence-electron chi connectivity index (χ3n) is 4.18. The van der Waals surface area contributed by atoms with Crippen molar-refractivity contribution in [3.05, 3.63) is 0 Å². The van der Waals surface area contributed by atoms with Crippen LogP contribution >= 0.6 is 0 Å². The molecule has 11 N–H and O–H groups in total. The number of hydrogen-bond acceptors (Lipinski definition) is 11. The van der Waals surface area contributed by atoms with Crippen molar-refractivity contribution in [2.45, 2.75) is 61.9 Å². The number of amides is 1. The van der Waals surface area contributed by atoms with E-state index >= 15 is 0 Å². The Balaban J connectivity index is 2.96. The van der Waals surface area contributed by atoms with E-state index in [0.29, 0.717) is 0 Å². The fraction of sp³-hybridized carbons (Fsp3) is 0.929. The van der Waals surface area contributed by atoms with E-state index in [1.807, 2.05) is 0 Å². The zero-order chi connectivity index (χ0) is 20.0. The fourth-order valence-electron chi connectivity index (χ4n) is 2.68. The summed E-state index contributed by atoms with van der Waals surface area (Å²) in [5.41, 5.74) is 11.1. The minimum Gasteiger partial charge on any atom is -0.394 e. The molecule has 0 aromatic rings. The number of rotatable bonds is 9. The number of carbonyl (C=O) groups excluding carboxylic acids is 1. The lowest BCUT2D eigenvalue weighted by Gasteiger charge is -2.44. The zero-order valence-electron chi connectivity index (χ0n) is 14.4. The molecular formula is C14H29N3O9. The fourth-order valence-corrected chi connectivity index (χ4v) is 2.68. The topological polar surface area (TPSA) is 221 Å². The smallest absolute Gasteiger partial charge is 0.217 e. The second-order valence-electron chi connectivity index (χ2n) is 6.16. The van der Waals surface area contributed by atoms with E-state index in [-0.39, 0.29) is 6.54 Å². The maximum atomic E-state index is 11.2. The van der Waals surface area contributed by atoms with Gasteiger partial charge in [0.2, 0.25) is 5.91 Å². The summed E-state index contributed by atoms with van der Waals surface area (Å²) in [5.74, 6) is -0.507. The van der Waals surface area contributed by atoms with Crippen molar-refractivity contribution in [3.8, 4) is 0 Å². The standard InChI is InChI=1S/C14H29N3O9/c1-5(20)17-10-8(4-19)25-14(12(24)11(10)23)26-13(6(21)2-15)9(16)7(22)3-18/h6-14,18-19,21-24H,2-4,15-16H2,1H3,(H,17,20)/t6-,7-,8-,9-,10-,11+,12-,13+,14+/m1/s1. The summed E-state index contributed by atoms with van der Waals surface area (Å²) in [6.07, 6.45) is -10.1. The number of aliphatic hydroxyl groups is 6. The largest absolute Gasteiger partial charge is 0.394 e. The van der Waals surface area contributed by atoms with Gasteiger partial charge in [-0.1, -0.05) is 0 Å². The van der Waals surface area contributed by atoms with Crippen molar-refractivity contribution in [2.75, 3.05) is 19.8 Å². The molecule has 0 bridgehead atoms. The highest BCUT2D eigenvalue weighted by molar-refractivity contribution is 5.73. The highest BCUT2D eigenvalue weighted by Crippen LogP contribution is 2.24. The van der Waals surface area contributed by atoms with Crippen molar-refractivity contribution in [2.24, 2.45) is 11.5 Å². The van der Waals surface area contributed by atoms with Gasteiger partial charge in [0.1, 0.15) is 24.4 Å². The first-order chi connectivity index (χ1) is 12.2. The summed E-state index contributed by atoms with van der Waals surface area (Å²) < 4.78 is 10.8. The molecule has 1 aliphatic heterocycles. The molecule has 9 atom stereocenters. The number of nitrogens with two attached hydrogens (primary N) is 2. The van der Waals surface area contributed by atoms with Crippen LogP contribution in [0.15, 0.2) is 0 Å². The third-order valence-corrected chi connectivity index (χ3v) is 4.18. The first-order valence-electron chi connectivity index (χ1n) is 8.15. The molecule has 12 nitrogen and oxygen atoms in total. The van der Waals surface area contributed by atoms with Crippen molar-refractivity contribution >= 4 is 5.91 Å². The molecule has 1 heterocycles. The molecule has 0 aromatic carbocycles. The van der Waals surface area contributed by atoms with Crippen molar-refractivity contribution in [1.29, 1.82) is 0 Å². The van der Waals surface area contributed by atoms with Crippen LogP contribution in [0.3, 0.4) is 0 Å². The van der Waals surface area contributed by atoms with Gasteiger partial charge in [-0.15, -0.1) is 0 Å². The lowest BCUT2D eigenvalue weighted by atomic mass is 9.95. The van der Waals surface area contributed by atoms with E-state index in [1.54, 1.807) is 0 Å². The first-order valence-corrected chi connectivity index (χ1v) is 8.15. The van der Waals surface area contributed by atoms with Crippen molar-refractivity contribution < 1.29 is 44.9 Å². The summed E-state index contributed by atoms with van der Waals surface area (Å²) >= 11 is 0. The van der Waals surface area contributed by atoms with Gasteiger partial charge < -0.3 is 56.9 Å². The summed E-state index contributed by atoms with van der Waals surface area (Å²) in [6, 6.07) is -2.38. The second kappa shape index (κ2) is 10.4. The normalized spacial score (nSPS) is 34.0. The molecule has 0 saturated carbocycles. The molecule has 0 spiro atoms. The van der Waals surface area contributed by atoms with Crippen molar-refractivity contribution in [1.82, 2.24) is 5.32 Å². The van der Waals surface area contributed by atoms with Crippen LogP contribution in [0.2, 0.25) is 0 Å². The number of nitrogens with one attached hydrogen (secondary N) is 1. The molecule has 1 rings (SSSR count). The van der Waals surface area contributed by atoms with Crippen LogP contribution in [-0.2, 0) is 14.3 Å². The average Bonchev–Trinajstić information content (AvgIpc) is 2.62. The molecule has 0 radical (unpaired) electrons. The predicted molar refractivity (Wildman–Crippen MR) is 86.4 cm³/mol. The summed E-state index contributed by atoms with van der Waals surface area (Å²) in [5, 5.41) is 60.9. The monoisotopic (exact) mass is 383 g/mol. The highest BCUT2D eigenvalue weighted by atomic mass is 16.7. The van der Waals surface area contributed by atoms with E-state index in [9.17, 15) is 30.3 Å². The Morgan fingerprint density at radius 2 is 1.85 bits per heavy atom. The van der Waals surface area contributed by atoms with E-state index in [2.05, 4.69) is 5.32 Å². The van der Waals surface area contributed by atoms with Crippen LogP contribution in [0.4, 0.5) is 0 Å². The minimum atomic E-state index is -1.67. The van der Waals surface area contributed by atoms with Gasteiger partial charge in [0.05, 0.1) is 37.5 Å². The van der Waals surface area contributed by atoms with E-state index < -0.39 is 74.1 Å². The molecule has 12 heteroatoms. The van der Waals surface area contributed by atoms with Gasteiger partial charge in [-0.3, -0.25) is 4.79 Å².